The van der Waals surface area contributed by atoms with Crippen LogP contribution >= 0.6 is 0 Å². The molecule has 2 aromatic rings. The minimum atomic E-state index is 0.670. The highest BCUT2D eigenvalue weighted by Crippen LogP contribution is 2.12. The summed E-state index contributed by atoms with van der Waals surface area (Å²) in [6, 6.07) is 0. The molecular formula is C40H76N4O2+2. The predicted molar refractivity (Wildman–Crippen MR) is 193 cm³/mol. The van der Waals surface area contributed by atoms with Crippen LogP contribution < -0.4 is 9.13 Å². The molecule has 6 nitrogen and oxygen atoms in total. The van der Waals surface area contributed by atoms with Gasteiger partial charge in [-0.05, 0) is 38.5 Å². The number of ether oxygens (including phenoxy) is 2. The molecule has 0 amide bonds. The topological polar surface area (TPSA) is 36.1 Å². The molecule has 0 aliphatic carbocycles. The van der Waals surface area contributed by atoms with E-state index in [4.69, 9.17) is 9.47 Å². The van der Waals surface area contributed by atoms with Gasteiger partial charge in [-0.1, -0.05) is 142 Å². The molecule has 0 saturated heterocycles. The molecule has 266 valence electrons. The van der Waals surface area contributed by atoms with Crippen molar-refractivity contribution >= 4 is 0 Å². The Morgan fingerprint density at radius 2 is 0.696 bits per heavy atom. The summed E-state index contributed by atoms with van der Waals surface area (Å²) in [5, 5.41) is 0. The molecule has 0 saturated carbocycles. The first-order chi connectivity index (χ1) is 22.8. The number of aromatic nitrogens is 4. The molecule has 0 radical (unpaired) electrons. The first-order valence-electron chi connectivity index (χ1n) is 20.1. The zero-order valence-electron chi connectivity index (χ0n) is 30.7. The number of imidazole rings is 2. The summed E-state index contributed by atoms with van der Waals surface area (Å²) in [4.78, 5) is 0. The molecule has 46 heavy (non-hydrogen) atoms. The van der Waals surface area contributed by atoms with Crippen molar-refractivity contribution in [2.75, 3.05) is 13.2 Å². The highest BCUT2D eigenvalue weighted by Gasteiger charge is 2.05. The SMILES string of the molecule is CCCCCCCCCCCCn1cc[n+](COCCCCCCCCOC[n+]2ccn(CCCCCCCCCCCC)c2)c1. The van der Waals surface area contributed by atoms with E-state index in [2.05, 4.69) is 69.6 Å². The maximum absolute atomic E-state index is 5.92. The largest absolute Gasteiger partial charge is 0.342 e. The maximum Gasteiger partial charge on any atom is 0.245 e. The third kappa shape index (κ3) is 23.6. The summed E-state index contributed by atoms with van der Waals surface area (Å²) < 4.78 is 20.8. The van der Waals surface area contributed by atoms with Gasteiger partial charge in [0.1, 0.15) is 24.8 Å². The second kappa shape index (κ2) is 30.7. The molecule has 0 fully saturated rings. The van der Waals surface area contributed by atoms with E-state index < -0.39 is 0 Å². The van der Waals surface area contributed by atoms with E-state index >= 15 is 0 Å². The van der Waals surface area contributed by atoms with Crippen LogP contribution in [0.25, 0.3) is 0 Å². The van der Waals surface area contributed by atoms with Gasteiger partial charge in [0, 0.05) is 0 Å². The van der Waals surface area contributed by atoms with Crippen molar-refractivity contribution in [3.8, 4) is 0 Å². The average Bonchev–Trinajstić information content (AvgIpc) is 3.72. The maximum atomic E-state index is 5.92. The molecule has 0 aromatic carbocycles. The van der Waals surface area contributed by atoms with Crippen molar-refractivity contribution in [3.05, 3.63) is 37.4 Å². The summed E-state index contributed by atoms with van der Waals surface area (Å²) in [6.45, 7) is 9.89. The predicted octanol–water partition coefficient (Wildman–Crippen LogP) is 10.7. The fourth-order valence-electron chi connectivity index (χ4n) is 6.31. The van der Waals surface area contributed by atoms with Crippen LogP contribution in [0.4, 0.5) is 0 Å². The van der Waals surface area contributed by atoms with E-state index in [0.29, 0.717) is 13.5 Å². The van der Waals surface area contributed by atoms with Gasteiger partial charge >= 0.3 is 0 Å². The van der Waals surface area contributed by atoms with Gasteiger partial charge in [-0.3, -0.25) is 0 Å². The van der Waals surface area contributed by atoms with Crippen LogP contribution in [0.15, 0.2) is 37.4 Å². The van der Waals surface area contributed by atoms with Crippen LogP contribution in [0, 0.1) is 0 Å². The molecule has 0 aliphatic rings. The summed E-state index contributed by atoms with van der Waals surface area (Å²) in [7, 11) is 0. The smallest absolute Gasteiger partial charge is 0.245 e. The third-order valence-corrected chi connectivity index (χ3v) is 9.34. The number of rotatable bonds is 35. The zero-order valence-corrected chi connectivity index (χ0v) is 30.7. The van der Waals surface area contributed by atoms with Crippen LogP contribution in [0.5, 0.6) is 0 Å². The van der Waals surface area contributed by atoms with Crippen LogP contribution in [-0.2, 0) is 36.0 Å². The Bertz CT molecular complexity index is 823. The van der Waals surface area contributed by atoms with Crippen molar-refractivity contribution < 1.29 is 18.6 Å². The van der Waals surface area contributed by atoms with E-state index in [-0.39, 0.29) is 0 Å². The van der Waals surface area contributed by atoms with Crippen molar-refractivity contribution in [1.82, 2.24) is 9.13 Å². The zero-order chi connectivity index (χ0) is 32.6. The van der Waals surface area contributed by atoms with Crippen LogP contribution in [0.1, 0.15) is 181 Å². The third-order valence-electron chi connectivity index (χ3n) is 9.34. The van der Waals surface area contributed by atoms with Gasteiger partial charge in [-0.25, -0.2) is 18.3 Å². The number of hydrogen-bond acceptors (Lipinski definition) is 2. The van der Waals surface area contributed by atoms with Gasteiger partial charge in [0.05, 0.1) is 26.3 Å². The number of aryl methyl sites for hydroxylation is 2. The molecule has 2 aromatic heterocycles. The first kappa shape index (κ1) is 40.5. The second-order valence-corrected chi connectivity index (χ2v) is 13.9. The summed E-state index contributed by atoms with van der Waals surface area (Å²) in [5.74, 6) is 0. The summed E-state index contributed by atoms with van der Waals surface area (Å²) in [5.41, 5.74) is 0. The number of unbranched alkanes of at least 4 members (excludes halogenated alkanes) is 23. The van der Waals surface area contributed by atoms with Gasteiger partial charge < -0.3 is 9.47 Å². The molecule has 6 heteroatoms. The average molecular weight is 645 g/mol. The van der Waals surface area contributed by atoms with Gasteiger partial charge in [-0.2, -0.15) is 0 Å². The molecule has 2 heterocycles. The standard InChI is InChI=1S/C40H76N4O2/c1-3-5-7-9-11-13-15-17-21-25-29-41-31-33-43(37-41)39-45-35-27-23-19-20-24-28-36-46-40-44-34-32-42(38-44)30-26-22-18-16-14-12-10-8-6-4-2/h31-34,37-38H,3-30,35-36,39-40H2,1-2H3/q+2. The second-order valence-electron chi connectivity index (χ2n) is 13.9. The highest BCUT2D eigenvalue weighted by molar-refractivity contribution is 4.67. The fraction of sp³-hybridized carbons (Fsp3) is 0.850. The van der Waals surface area contributed by atoms with E-state index in [0.717, 1.165) is 39.1 Å². The lowest BCUT2D eigenvalue weighted by atomic mass is 10.1. The Morgan fingerprint density at radius 1 is 0.391 bits per heavy atom. The van der Waals surface area contributed by atoms with Gasteiger partial charge in [0.25, 0.3) is 0 Å². The highest BCUT2D eigenvalue weighted by atomic mass is 16.5. The Hall–Kier alpha value is -1.66. The molecular weight excluding hydrogens is 568 g/mol. The molecule has 0 N–H and O–H groups in total. The van der Waals surface area contributed by atoms with Crippen molar-refractivity contribution in [2.45, 2.75) is 207 Å². The Balaban J connectivity index is 1.30. The quantitative estimate of drug-likeness (QED) is 0.0553. The van der Waals surface area contributed by atoms with E-state index in [1.165, 1.54) is 154 Å². The van der Waals surface area contributed by atoms with Crippen molar-refractivity contribution in [1.29, 1.82) is 0 Å². The van der Waals surface area contributed by atoms with Crippen LogP contribution in [-0.4, -0.2) is 22.3 Å². The monoisotopic (exact) mass is 645 g/mol. The first-order valence-corrected chi connectivity index (χ1v) is 20.1. The van der Waals surface area contributed by atoms with Crippen LogP contribution in [0.2, 0.25) is 0 Å². The minimum absolute atomic E-state index is 0.670. The molecule has 0 atom stereocenters. The number of nitrogens with zero attached hydrogens (tertiary/aromatic N) is 4. The summed E-state index contributed by atoms with van der Waals surface area (Å²) in [6.07, 6.45) is 48.3. The minimum Gasteiger partial charge on any atom is -0.342 e. The van der Waals surface area contributed by atoms with E-state index in [1.807, 2.05) is 0 Å². The Kier molecular flexibility index (Phi) is 27.0. The normalized spacial score (nSPS) is 11.6. The summed E-state index contributed by atoms with van der Waals surface area (Å²) >= 11 is 0. The Morgan fingerprint density at radius 3 is 1.04 bits per heavy atom. The molecule has 0 bridgehead atoms. The Labute approximate surface area is 285 Å². The van der Waals surface area contributed by atoms with Gasteiger partial charge in [0.2, 0.25) is 12.7 Å². The van der Waals surface area contributed by atoms with E-state index in [1.54, 1.807) is 0 Å². The van der Waals surface area contributed by atoms with Crippen molar-refractivity contribution in [2.24, 2.45) is 0 Å². The lowest BCUT2D eigenvalue weighted by Gasteiger charge is -2.04. The van der Waals surface area contributed by atoms with Crippen LogP contribution in [0.3, 0.4) is 0 Å². The molecule has 0 aliphatic heterocycles. The fourth-order valence-corrected chi connectivity index (χ4v) is 6.31. The lowest BCUT2D eigenvalue weighted by molar-refractivity contribution is -0.732. The van der Waals surface area contributed by atoms with E-state index in [9.17, 15) is 0 Å². The molecule has 0 spiro atoms. The lowest BCUT2D eigenvalue weighted by Crippen LogP contribution is -2.32. The molecule has 2 rings (SSSR count). The van der Waals surface area contributed by atoms with Gasteiger partial charge in [-0.15, -0.1) is 0 Å². The number of hydrogen-bond donors (Lipinski definition) is 0. The van der Waals surface area contributed by atoms with Crippen molar-refractivity contribution in [3.63, 3.8) is 0 Å². The van der Waals surface area contributed by atoms with Gasteiger partial charge in [0.15, 0.2) is 13.5 Å². The molecule has 0 unspecified atom stereocenters.